The first-order chi connectivity index (χ1) is 11.3. The van der Waals surface area contributed by atoms with E-state index >= 15 is 0 Å². The highest BCUT2D eigenvalue weighted by molar-refractivity contribution is 5.82. The van der Waals surface area contributed by atoms with Crippen molar-refractivity contribution in [1.82, 2.24) is 0 Å². The Morgan fingerprint density at radius 2 is 1.62 bits per heavy atom. The van der Waals surface area contributed by atoms with E-state index in [1.807, 2.05) is 29.0 Å². The van der Waals surface area contributed by atoms with Crippen LogP contribution in [-0.2, 0) is 11.3 Å². The molecule has 136 valence electrons. The van der Waals surface area contributed by atoms with Crippen LogP contribution in [0, 0.1) is 0 Å². The van der Waals surface area contributed by atoms with Crippen molar-refractivity contribution in [2.24, 2.45) is 0 Å². The van der Waals surface area contributed by atoms with Gasteiger partial charge in [0.2, 0.25) is 0 Å². The maximum Gasteiger partial charge on any atom is 0.375 e. The summed E-state index contributed by atoms with van der Waals surface area (Å²) in [6, 6.07) is 5.65. The largest absolute Gasteiger partial charge is 1.00 e. The van der Waals surface area contributed by atoms with E-state index in [9.17, 15) is 4.79 Å². The Labute approximate surface area is 157 Å². The quantitative estimate of drug-likeness (QED) is 0.220. The number of aromatic nitrogens is 1. The minimum absolute atomic E-state index is 0. The SMILES string of the molecule is C=CC(=O)Oc1cccc[n+]1CCCCCCCCCCCC.[Br-]. The zero-order valence-electron chi connectivity index (χ0n) is 15.0. The Bertz CT molecular complexity index is 463. The molecular weight excluding hydrogens is 366 g/mol. The third kappa shape index (κ3) is 10.6. The van der Waals surface area contributed by atoms with Gasteiger partial charge in [0.25, 0.3) is 0 Å². The fraction of sp³-hybridized carbons (Fsp3) is 0.600. The number of halogens is 1. The summed E-state index contributed by atoms with van der Waals surface area (Å²) < 4.78 is 7.24. The summed E-state index contributed by atoms with van der Waals surface area (Å²) in [4.78, 5) is 11.3. The van der Waals surface area contributed by atoms with Gasteiger partial charge in [-0.15, -0.1) is 0 Å². The minimum Gasteiger partial charge on any atom is -1.00 e. The molecule has 0 aromatic carbocycles. The van der Waals surface area contributed by atoms with Gasteiger partial charge in [0, 0.05) is 18.6 Å². The van der Waals surface area contributed by atoms with Crippen molar-refractivity contribution in [3.8, 4) is 5.88 Å². The summed E-state index contributed by atoms with van der Waals surface area (Å²) in [5, 5.41) is 0. The van der Waals surface area contributed by atoms with Gasteiger partial charge >= 0.3 is 11.8 Å². The number of unbranched alkanes of at least 4 members (excludes halogenated alkanes) is 9. The lowest BCUT2D eigenvalue weighted by molar-refractivity contribution is -0.700. The Kier molecular flexibility index (Phi) is 14.6. The van der Waals surface area contributed by atoms with E-state index in [4.69, 9.17) is 4.74 Å². The Balaban J connectivity index is 0.00000529. The maximum absolute atomic E-state index is 11.3. The number of hydrogen-bond donors (Lipinski definition) is 0. The molecule has 1 rings (SSSR count). The minimum atomic E-state index is -0.409. The molecular formula is C20H32BrNO2. The second kappa shape index (κ2) is 15.4. The van der Waals surface area contributed by atoms with Gasteiger partial charge in [-0.25, -0.2) is 4.79 Å². The molecule has 0 fully saturated rings. The average molecular weight is 398 g/mol. The molecule has 4 heteroatoms. The summed E-state index contributed by atoms with van der Waals surface area (Å²) >= 11 is 0. The molecule has 3 nitrogen and oxygen atoms in total. The average Bonchev–Trinajstić information content (AvgIpc) is 2.57. The fourth-order valence-corrected chi connectivity index (χ4v) is 2.65. The monoisotopic (exact) mass is 397 g/mol. The molecule has 0 atom stereocenters. The molecule has 1 aromatic rings. The van der Waals surface area contributed by atoms with Gasteiger partial charge in [-0.05, 0) is 12.5 Å². The standard InChI is InChI=1S/C20H32NO2.BrH/c1-3-5-6-7-8-9-10-11-12-14-17-21-18-15-13-16-19(21)23-20(22)4-2;/h4,13,15-16,18H,2-3,5-12,14,17H2,1H3;1H/q+1;/p-1. The van der Waals surface area contributed by atoms with Crippen molar-refractivity contribution < 1.29 is 31.1 Å². The van der Waals surface area contributed by atoms with Crippen LogP contribution in [0.1, 0.15) is 71.1 Å². The predicted octanol–water partition coefficient (Wildman–Crippen LogP) is 1.99. The highest BCUT2D eigenvalue weighted by Crippen LogP contribution is 2.11. The van der Waals surface area contributed by atoms with Crippen LogP contribution < -0.4 is 26.3 Å². The maximum atomic E-state index is 11.3. The molecule has 1 aromatic heterocycles. The normalized spacial score (nSPS) is 10.0. The predicted molar refractivity (Wildman–Crippen MR) is 94.3 cm³/mol. The van der Waals surface area contributed by atoms with E-state index in [1.165, 1.54) is 63.9 Å². The van der Waals surface area contributed by atoms with Crippen LogP contribution in [0.4, 0.5) is 0 Å². The number of rotatable bonds is 13. The fourth-order valence-electron chi connectivity index (χ4n) is 2.65. The Morgan fingerprint density at radius 1 is 1.04 bits per heavy atom. The van der Waals surface area contributed by atoms with E-state index in [1.54, 1.807) is 0 Å². The van der Waals surface area contributed by atoms with Crippen LogP contribution in [0.25, 0.3) is 0 Å². The van der Waals surface area contributed by atoms with Gasteiger partial charge in [0.05, 0.1) is 6.07 Å². The van der Waals surface area contributed by atoms with Crippen molar-refractivity contribution >= 4 is 5.97 Å². The molecule has 0 N–H and O–H groups in total. The number of pyridine rings is 1. The van der Waals surface area contributed by atoms with Crippen molar-refractivity contribution in [2.45, 2.75) is 77.7 Å². The number of hydrogen-bond acceptors (Lipinski definition) is 2. The lowest BCUT2D eigenvalue weighted by Gasteiger charge is -2.03. The van der Waals surface area contributed by atoms with Crippen LogP contribution in [0.5, 0.6) is 5.88 Å². The second-order valence-corrected chi connectivity index (χ2v) is 6.04. The summed E-state index contributed by atoms with van der Waals surface area (Å²) in [7, 11) is 0. The van der Waals surface area contributed by atoms with Crippen LogP contribution in [0.3, 0.4) is 0 Å². The zero-order valence-corrected chi connectivity index (χ0v) is 16.6. The van der Waals surface area contributed by atoms with Crippen LogP contribution in [-0.4, -0.2) is 5.97 Å². The zero-order chi connectivity index (χ0) is 16.8. The third-order valence-electron chi connectivity index (χ3n) is 4.02. The van der Waals surface area contributed by atoms with E-state index in [-0.39, 0.29) is 17.0 Å². The lowest BCUT2D eigenvalue weighted by Crippen LogP contribution is -3.00. The summed E-state index contributed by atoms with van der Waals surface area (Å²) in [5.74, 6) is 0.182. The van der Waals surface area contributed by atoms with E-state index in [2.05, 4.69) is 13.5 Å². The van der Waals surface area contributed by atoms with Gasteiger partial charge < -0.3 is 21.7 Å². The third-order valence-corrected chi connectivity index (χ3v) is 4.02. The molecule has 0 aliphatic carbocycles. The molecule has 1 heterocycles. The number of carbonyl (C=O) groups excluding carboxylic acids is 1. The van der Waals surface area contributed by atoms with Crippen LogP contribution >= 0.6 is 0 Å². The highest BCUT2D eigenvalue weighted by atomic mass is 79.9. The van der Waals surface area contributed by atoms with Crippen molar-refractivity contribution in [2.75, 3.05) is 0 Å². The molecule has 0 unspecified atom stereocenters. The van der Waals surface area contributed by atoms with Crippen molar-refractivity contribution in [3.63, 3.8) is 0 Å². The summed E-state index contributed by atoms with van der Waals surface area (Å²) in [5.41, 5.74) is 0. The van der Waals surface area contributed by atoms with Crippen LogP contribution in [0.2, 0.25) is 0 Å². The first-order valence-electron chi connectivity index (χ1n) is 9.10. The van der Waals surface area contributed by atoms with Gasteiger partial charge in [0.1, 0.15) is 0 Å². The molecule has 0 radical (unpaired) electrons. The summed E-state index contributed by atoms with van der Waals surface area (Å²) in [6.07, 6.45) is 16.4. The number of nitrogens with zero attached hydrogens (tertiary/aromatic N) is 1. The van der Waals surface area contributed by atoms with Crippen molar-refractivity contribution in [3.05, 3.63) is 37.1 Å². The lowest BCUT2D eigenvalue weighted by atomic mass is 10.1. The molecule has 0 spiro atoms. The highest BCUT2D eigenvalue weighted by Gasteiger charge is 2.12. The van der Waals surface area contributed by atoms with Crippen LogP contribution in [0.15, 0.2) is 37.1 Å². The molecule has 0 aliphatic heterocycles. The second-order valence-electron chi connectivity index (χ2n) is 6.04. The molecule has 0 saturated heterocycles. The topological polar surface area (TPSA) is 30.2 Å². The van der Waals surface area contributed by atoms with E-state index in [0.717, 1.165) is 13.0 Å². The molecule has 24 heavy (non-hydrogen) atoms. The van der Waals surface area contributed by atoms with E-state index in [0.29, 0.717) is 5.88 Å². The van der Waals surface area contributed by atoms with Gasteiger partial charge in [-0.1, -0.05) is 64.9 Å². The molecule has 0 aliphatic rings. The van der Waals surface area contributed by atoms with Gasteiger partial charge in [-0.3, -0.25) is 0 Å². The van der Waals surface area contributed by atoms with E-state index < -0.39 is 5.97 Å². The van der Waals surface area contributed by atoms with Gasteiger partial charge in [-0.2, -0.15) is 4.57 Å². The van der Waals surface area contributed by atoms with Gasteiger partial charge in [0.15, 0.2) is 12.7 Å². The molecule has 0 bridgehead atoms. The number of carbonyl (C=O) groups is 1. The van der Waals surface area contributed by atoms with Crippen molar-refractivity contribution in [1.29, 1.82) is 0 Å². The first kappa shape index (κ1) is 22.8. The molecule has 0 saturated carbocycles. The smallest absolute Gasteiger partial charge is 0.375 e. The summed E-state index contributed by atoms with van der Waals surface area (Å²) in [6.45, 7) is 6.57. The number of aryl methyl sites for hydroxylation is 1. The molecule has 0 amide bonds. The number of esters is 1. The Morgan fingerprint density at radius 3 is 2.21 bits per heavy atom. The number of ether oxygens (including phenoxy) is 1. The Hall–Kier alpha value is -1.16. The first-order valence-corrected chi connectivity index (χ1v) is 9.10.